The van der Waals surface area contributed by atoms with E-state index in [4.69, 9.17) is 22.3 Å². The number of rotatable bonds is 7. The van der Waals surface area contributed by atoms with Crippen LogP contribution < -0.4 is 17.0 Å². The first-order valence-electron chi connectivity index (χ1n) is 10.3. The van der Waals surface area contributed by atoms with Crippen LogP contribution in [0.5, 0.6) is 0 Å². The smallest absolute Gasteiger partial charge is 0.277 e. The van der Waals surface area contributed by atoms with Crippen molar-refractivity contribution in [1.82, 2.24) is 14.1 Å². The summed E-state index contributed by atoms with van der Waals surface area (Å²) >= 11 is 0. The van der Waals surface area contributed by atoms with Crippen LogP contribution >= 0.6 is 0 Å². The zero-order chi connectivity index (χ0) is 22.8. The van der Waals surface area contributed by atoms with Crippen molar-refractivity contribution in [3.8, 4) is 0 Å². The van der Waals surface area contributed by atoms with Gasteiger partial charge in [0, 0.05) is 23.7 Å². The maximum Gasteiger partial charge on any atom is 0.277 e. The van der Waals surface area contributed by atoms with Crippen LogP contribution in [0.25, 0.3) is 11.0 Å². The molecule has 0 aliphatic heterocycles. The van der Waals surface area contributed by atoms with E-state index >= 15 is 0 Å². The molecular formula is C24H25N7O. The second-order valence-electron chi connectivity index (χ2n) is 7.64. The number of aryl methyl sites for hydroxylation is 1. The first-order valence-corrected chi connectivity index (χ1v) is 10.3. The van der Waals surface area contributed by atoms with Gasteiger partial charge in [-0.05, 0) is 23.3 Å². The highest BCUT2D eigenvalue weighted by Gasteiger charge is 2.16. The molecule has 162 valence electrons. The van der Waals surface area contributed by atoms with Gasteiger partial charge in [0.2, 0.25) is 0 Å². The molecule has 0 aliphatic carbocycles. The number of nitrogen functional groups attached to an aromatic ring is 2. The minimum atomic E-state index is -0.150. The Morgan fingerprint density at radius 2 is 1.78 bits per heavy atom. The molecule has 4 aromatic rings. The van der Waals surface area contributed by atoms with E-state index in [1.54, 1.807) is 16.8 Å². The molecule has 0 amide bonds. The average Bonchev–Trinajstić information content (AvgIpc) is 3.14. The van der Waals surface area contributed by atoms with Crippen molar-refractivity contribution in [3.63, 3.8) is 0 Å². The fourth-order valence-corrected chi connectivity index (χ4v) is 3.92. The van der Waals surface area contributed by atoms with Gasteiger partial charge in [-0.1, -0.05) is 49.4 Å². The Kier molecular flexibility index (Phi) is 5.59. The zero-order valence-corrected chi connectivity index (χ0v) is 17.8. The fourth-order valence-electron chi connectivity index (χ4n) is 3.92. The molecule has 0 aliphatic rings. The van der Waals surface area contributed by atoms with Crippen LogP contribution in [0, 0.1) is 10.8 Å². The predicted molar refractivity (Wildman–Crippen MR) is 126 cm³/mol. The van der Waals surface area contributed by atoms with E-state index in [0.717, 1.165) is 17.0 Å². The Morgan fingerprint density at radius 3 is 2.50 bits per heavy atom. The Morgan fingerprint density at radius 1 is 1.00 bits per heavy atom. The molecule has 2 aromatic heterocycles. The van der Waals surface area contributed by atoms with E-state index in [1.165, 1.54) is 0 Å². The molecule has 0 saturated carbocycles. The molecule has 6 N–H and O–H groups in total. The summed E-state index contributed by atoms with van der Waals surface area (Å²) in [5.74, 6) is 0.780. The van der Waals surface area contributed by atoms with E-state index in [1.807, 2.05) is 60.0 Å². The second-order valence-corrected chi connectivity index (χ2v) is 7.64. The summed E-state index contributed by atoms with van der Waals surface area (Å²) in [5.41, 5.74) is 15.4. The van der Waals surface area contributed by atoms with E-state index in [0.29, 0.717) is 41.7 Å². The van der Waals surface area contributed by atoms with Crippen molar-refractivity contribution in [3.05, 3.63) is 99.2 Å². The second kappa shape index (κ2) is 8.50. The molecule has 2 heterocycles. The summed E-state index contributed by atoms with van der Waals surface area (Å²) in [6.45, 7) is 2.75. The summed E-state index contributed by atoms with van der Waals surface area (Å²) in [5, 5.41) is 15.5. The van der Waals surface area contributed by atoms with Crippen LogP contribution in [-0.2, 0) is 19.5 Å². The summed E-state index contributed by atoms with van der Waals surface area (Å²) in [7, 11) is 0. The lowest BCUT2D eigenvalue weighted by Crippen LogP contribution is -2.23. The van der Waals surface area contributed by atoms with Gasteiger partial charge in [-0.2, -0.15) is 0 Å². The van der Waals surface area contributed by atoms with Gasteiger partial charge in [-0.15, -0.1) is 0 Å². The molecule has 4 rings (SSSR count). The number of imidazole rings is 1. The topological polar surface area (TPSA) is 140 Å². The minimum Gasteiger partial charge on any atom is -0.384 e. The van der Waals surface area contributed by atoms with Gasteiger partial charge < -0.3 is 20.6 Å². The molecule has 0 spiro atoms. The fraction of sp³-hybridized carbons (Fsp3) is 0.167. The molecule has 0 bridgehead atoms. The van der Waals surface area contributed by atoms with Crippen molar-refractivity contribution in [2.45, 2.75) is 26.4 Å². The van der Waals surface area contributed by atoms with Gasteiger partial charge in [0.15, 0.2) is 0 Å². The SMILES string of the molecule is CCc1nc2ccn(Cc3cccc(C(=N)N)c3)c(=O)c2n1Cc1ccccc1C(=N)N. The first-order chi connectivity index (χ1) is 15.4. The number of nitrogens with two attached hydrogens (primary N) is 2. The Bertz CT molecular complexity index is 1400. The summed E-state index contributed by atoms with van der Waals surface area (Å²) in [4.78, 5) is 18.1. The molecule has 2 aromatic carbocycles. The number of nitrogens with one attached hydrogen (secondary N) is 2. The van der Waals surface area contributed by atoms with E-state index < -0.39 is 0 Å². The molecule has 0 atom stereocenters. The normalized spacial score (nSPS) is 11.0. The van der Waals surface area contributed by atoms with Gasteiger partial charge in [0.05, 0.1) is 18.6 Å². The molecular weight excluding hydrogens is 402 g/mol. The number of pyridine rings is 1. The Hall–Kier alpha value is -4.20. The third-order valence-electron chi connectivity index (χ3n) is 5.49. The monoisotopic (exact) mass is 427 g/mol. The van der Waals surface area contributed by atoms with Crippen LogP contribution in [0.1, 0.15) is 35.0 Å². The predicted octanol–water partition coefficient (Wildman–Crippen LogP) is 2.43. The lowest BCUT2D eigenvalue weighted by molar-refractivity contribution is 0.728. The quantitative estimate of drug-likeness (QED) is 0.266. The van der Waals surface area contributed by atoms with Crippen molar-refractivity contribution in [1.29, 1.82) is 10.8 Å². The van der Waals surface area contributed by atoms with E-state index in [-0.39, 0.29) is 17.2 Å². The van der Waals surface area contributed by atoms with Crippen molar-refractivity contribution < 1.29 is 0 Å². The van der Waals surface area contributed by atoms with Gasteiger partial charge >= 0.3 is 0 Å². The average molecular weight is 428 g/mol. The third-order valence-corrected chi connectivity index (χ3v) is 5.49. The van der Waals surface area contributed by atoms with E-state index in [2.05, 4.69) is 4.98 Å². The van der Waals surface area contributed by atoms with E-state index in [9.17, 15) is 4.79 Å². The Balaban J connectivity index is 1.81. The molecule has 0 saturated heterocycles. The number of hydrogen-bond donors (Lipinski definition) is 4. The third kappa shape index (κ3) is 3.90. The zero-order valence-electron chi connectivity index (χ0n) is 17.8. The molecule has 0 radical (unpaired) electrons. The minimum absolute atomic E-state index is 0.00849. The number of amidine groups is 2. The largest absolute Gasteiger partial charge is 0.384 e. The number of fused-ring (bicyclic) bond motifs is 1. The van der Waals surface area contributed by atoms with Crippen molar-refractivity contribution in [2.24, 2.45) is 11.5 Å². The van der Waals surface area contributed by atoms with Crippen molar-refractivity contribution in [2.75, 3.05) is 0 Å². The number of benzene rings is 2. The summed E-state index contributed by atoms with van der Waals surface area (Å²) < 4.78 is 3.55. The standard InChI is InChI=1S/C24H25N7O/c1-2-20-29-19-10-11-30(13-15-6-5-8-16(12-15)22(25)26)24(32)21(19)31(20)14-17-7-3-4-9-18(17)23(27)28/h3-12H,2,13-14H2,1H3,(H3,25,26)(H3,27,28). The van der Waals surface area contributed by atoms with Gasteiger partial charge in [-0.3, -0.25) is 15.6 Å². The highest BCUT2D eigenvalue weighted by atomic mass is 16.1. The van der Waals surface area contributed by atoms with Crippen LogP contribution in [0.15, 0.2) is 65.6 Å². The van der Waals surface area contributed by atoms with Crippen LogP contribution in [0.4, 0.5) is 0 Å². The maximum absolute atomic E-state index is 13.5. The highest BCUT2D eigenvalue weighted by molar-refractivity contribution is 5.96. The molecule has 8 heteroatoms. The van der Waals surface area contributed by atoms with Crippen LogP contribution in [0.3, 0.4) is 0 Å². The highest BCUT2D eigenvalue weighted by Crippen LogP contribution is 2.18. The van der Waals surface area contributed by atoms with Crippen molar-refractivity contribution >= 4 is 22.7 Å². The van der Waals surface area contributed by atoms with Gasteiger partial charge in [-0.25, -0.2) is 4.98 Å². The van der Waals surface area contributed by atoms with Gasteiger partial charge in [0.25, 0.3) is 5.56 Å². The summed E-state index contributed by atoms with van der Waals surface area (Å²) in [6, 6.07) is 16.6. The van der Waals surface area contributed by atoms with Crippen LogP contribution in [-0.4, -0.2) is 25.8 Å². The van der Waals surface area contributed by atoms with Gasteiger partial charge in [0.1, 0.15) is 23.0 Å². The first kappa shape index (κ1) is 21.0. The van der Waals surface area contributed by atoms with Crippen LogP contribution in [0.2, 0.25) is 0 Å². The lowest BCUT2D eigenvalue weighted by atomic mass is 10.1. The molecule has 32 heavy (non-hydrogen) atoms. The summed E-state index contributed by atoms with van der Waals surface area (Å²) in [6.07, 6.45) is 2.41. The number of aromatic nitrogens is 3. The number of nitrogens with zero attached hydrogens (tertiary/aromatic N) is 3. The Labute approximate surface area is 185 Å². The lowest BCUT2D eigenvalue weighted by Gasteiger charge is -2.13. The molecule has 0 fully saturated rings. The molecule has 8 nitrogen and oxygen atoms in total. The number of hydrogen-bond acceptors (Lipinski definition) is 4. The molecule has 0 unspecified atom stereocenters. The maximum atomic E-state index is 13.5.